The van der Waals surface area contributed by atoms with Gasteiger partial charge in [0.05, 0.1) is 0 Å². The van der Waals surface area contributed by atoms with Crippen molar-refractivity contribution >= 4 is 21.7 Å². The lowest BCUT2D eigenvalue weighted by molar-refractivity contribution is 0.810. The molecule has 0 saturated heterocycles. The Kier molecular flexibility index (Phi) is 4.69. The van der Waals surface area contributed by atoms with Crippen LogP contribution in [-0.2, 0) is 12.8 Å². The Morgan fingerprint density at radius 1 is 1.39 bits per heavy atom. The van der Waals surface area contributed by atoms with Crippen LogP contribution in [0, 0.1) is 0 Å². The lowest BCUT2D eigenvalue weighted by Gasteiger charge is -2.06. The third kappa shape index (κ3) is 3.80. The number of nitrogens with one attached hydrogen (secondary N) is 2. The Morgan fingerprint density at radius 3 is 3.00 bits per heavy atom. The predicted octanol–water partition coefficient (Wildman–Crippen LogP) is 2.57. The Labute approximate surface area is 115 Å². The van der Waals surface area contributed by atoms with Crippen molar-refractivity contribution < 1.29 is 0 Å². The molecule has 0 amide bonds. The second-order valence-electron chi connectivity index (χ2n) is 3.91. The van der Waals surface area contributed by atoms with Crippen LogP contribution in [0.15, 0.2) is 23.1 Å². The SMILES string of the molecule is CCc1nc(Br)cc(NCCCc2ncc[nH]2)n1. The molecule has 0 aliphatic carbocycles. The van der Waals surface area contributed by atoms with Gasteiger partial charge in [0.1, 0.15) is 22.1 Å². The topological polar surface area (TPSA) is 66.5 Å². The molecule has 96 valence electrons. The molecule has 2 rings (SSSR count). The summed E-state index contributed by atoms with van der Waals surface area (Å²) in [5.74, 6) is 2.74. The van der Waals surface area contributed by atoms with Crippen molar-refractivity contribution in [1.82, 2.24) is 19.9 Å². The number of halogens is 1. The number of H-pyrrole nitrogens is 1. The van der Waals surface area contributed by atoms with Gasteiger partial charge in [-0.2, -0.15) is 0 Å². The monoisotopic (exact) mass is 309 g/mol. The third-order valence-corrected chi connectivity index (χ3v) is 2.91. The molecule has 2 aromatic rings. The highest BCUT2D eigenvalue weighted by Gasteiger charge is 2.01. The first-order valence-corrected chi connectivity index (χ1v) is 6.83. The molecular formula is C12H16BrN5. The highest BCUT2D eigenvalue weighted by Crippen LogP contribution is 2.12. The standard InChI is InChI=1S/C12H16BrN5/c1-2-10-17-9(13)8-12(18-10)14-5-3-4-11-15-6-7-16-11/h6-8H,2-5H2,1H3,(H,15,16)(H,14,17,18). The van der Waals surface area contributed by atoms with Crippen LogP contribution in [0.4, 0.5) is 5.82 Å². The molecule has 0 aliphatic rings. The first kappa shape index (κ1) is 13.0. The van der Waals surface area contributed by atoms with Gasteiger partial charge in [0, 0.05) is 37.8 Å². The normalized spacial score (nSPS) is 10.6. The zero-order valence-corrected chi connectivity index (χ0v) is 11.9. The van der Waals surface area contributed by atoms with Crippen LogP contribution in [0.2, 0.25) is 0 Å². The van der Waals surface area contributed by atoms with Gasteiger partial charge in [-0.15, -0.1) is 0 Å². The van der Waals surface area contributed by atoms with Crippen molar-refractivity contribution in [1.29, 1.82) is 0 Å². The van der Waals surface area contributed by atoms with Gasteiger partial charge in [0.25, 0.3) is 0 Å². The summed E-state index contributed by atoms with van der Waals surface area (Å²) in [4.78, 5) is 16.0. The van der Waals surface area contributed by atoms with E-state index in [1.165, 1.54) is 0 Å². The van der Waals surface area contributed by atoms with E-state index in [2.05, 4.69) is 41.2 Å². The molecular weight excluding hydrogens is 294 g/mol. The van der Waals surface area contributed by atoms with Crippen molar-refractivity contribution in [3.8, 4) is 0 Å². The Morgan fingerprint density at radius 2 is 2.28 bits per heavy atom. The summed E-state index contributed by atoms with van der Waals surface area (Å²) in [5, 5.41) is 3.30. The van der Waals surface area contributed by atoms with Crippen LogP contribution in [0.3, 0.4) is 0 Å². The van der Waals surface area contributed by atoms with E-state index in [-0.39, 0.29) is 0 Å². The number of hydrogen-bond acceptors (Lipinski definition) is 4. The molecule has 0 radical (unpaired) electrons. The van der Waals surface area contributed by atoms with Gasteiger partial charge in [-0.1, -0.05) is 6.92 Å². The van der Waals surface area contributed by atoms with Gasteiger partial charge in [-0.05, 0) is 22.4 Å². The largest absolute Gasteiger partial charge is 0.370 e. The average Bonchev–Trinajstić information content (AvgIpc) is 2.87. The minimum Gasteiger partial charge on any atom is -0.370 e. The molecule has 0 spiro atoms. The first-order valence-electron chi connectivity index (χ1n) is 6.03. The number of aryl methyl sites for hydroxylation is 2. The second kappa shape index (κ2) is 6.49. The van der Waals surface area contributed by atoms with Crippen LogP contribution < -0.4 is 5.32 Å². The minimum atomic E-state index is 0.822. The predicted molar refractivity (Wildman–Crippen MR) is 74.5 cm³/mol. The van der Waals surface area contributed by atoms with Gasteiger partial charge in [0.2, 0.25) is 0 Å². The molecule has 0 saturated carbocycles. The summed E-state index contributed by atoms with van der Waals surface area (Å²) in [7, 11) is 0. The average molecular weight is 310 g/mol. The molecule has 18 heavy (non-hydrogen) atoms. The van der Waals surface area contributed by atoms with Gasteiger partial charge in [-0.3, -0.25) is 0 Å². The Hall–Kier alpha value is -1.43. The molecule has 0 unspecified atom stereocenters. The molecule has 0 atom stereocenters. The number of hydrogen-bond donors (Lipinski definition) is 2. The van der Waals surface area contributed by atoms with Crippen LogP contribution in [-0.4, -0.2) is 26.5 Å². The van der Waals surface area contributed by atoms with Crippen molar-refractivity contribution in [3.63, 3.8) is 0 Å². The minimum absolute atomic E-state index is 0.822. The summed E-state index contributed by atoms with van der Waals surface area (Å²) < 4.78 is 0.822. The van der Waals surface area contributed by atoms with E-state index < -0.39 is 0 Å². The fraction of sp³-hybridized carbons (Fsp3) is 0.417. The van der Waals surface area contributed by atoms with Crippen molar-refractivity contribution in [2.75, 3.05) is 11.9 Å². The summed E-state index contributed by atoms with van der Waals surface area (Å²) in [6.07, 6.45) is 6.40. The summed E-state index contributed by atoms with van der Waals surface area (Å²) >= 11 is 3.39. The van der Waals surface area contributed by atoms with Crippen molar-refractivity contribution in [2.24, 2.45) is 0 Å². The molecule has 0 aliphatic heterocycles. The number of aromatic amines is 1. The molecule has 0 bridgehead atoms. The first-order chi connectivity index (χ1) is 8.78. The van der Waals surface area contributed by atoms with Crippen LogP contribution in [0.1, 0.15) is 25.0 Å². The maximum Gasteiger partial charge on any atom is 0.131 e. The Balaban J connectivity index is 1.81. The summed E-state index contributed by atoms with van der Waals surface area (Å²) in [6, 6.07) is 1.89. The van der Waals surface area contributed by atoms with Gasteiger partial charge < -0.3 is 10.3 Å². The van der Waals surface area contributed by atoms with E-state index in [1.54, 1.807) is 6.20 Å². The number of nitrogens with zero attached hydrogens (tertiary/aromatic N) is 3. The lowest BCUT2D eigenvalue weighted by atomic mass is 10.3. The summed E-state index contributed by atoms with van der Waals surface area (Å²) in [5.41, 5.74) is 0. The van der Waals surface area contributed by atoms with E-state index >= 15 is 0 Å². The van der Waals surface area contributed by atoms with Crippen LogP contribution >= 0.6 is 15.9 Å². The van der Waals surface area contributed by atoms with Crippen LogP contribution in [0.5, 0.6) is 0 Å². The number of imidazole rings is 1. The summed E-state index contributed by atoms with van der Waals surface area (Å²) in [6.45, 7) is 2.91. The zero-order chi connectivity index (χ0) is 12.8. The van der Waals surface area contributed by atoms with Gasteiger partial charge in [0.15, 0.2) is 0 Å². The van der Waals surface area contributed by atoms with Crippen LogP contribution in [0.25, 0.3) is 0 Å². The van der Waals surface area contributed by atoms with E-state index in [1.807, 2.05) is 19.2 Å². The quantitative estimate of drug-likeness (QED) is 0.636. The van der Waals surface area contributed by atoms with Crippen molar-refractivity contribution in [3.05, 3.63) is 34.7 Å². The number of aromatic nitrogens is 4. The fourth-order valence-electron chi connectivity index (χ4n) is 1.62. The fourth-order valence-corrected chi connectivity index (χ4v) is 2.04. The van der Waals surface area contributed by atoms with E-state index in [0.717, 1.165) is 47.9 Å². The zero-order valence-electron chi connectivity index (χ0n) is 10.3. The van der Waals surface area contributed by atoms with Crippen molar-refractivity contribution in [2.45, 2.75) is 26.2 Å². The molecule has 5 nitrogen and oxygen atoms in total. The molecule has 2 aromatic heterocycles. The van der Waals surface area contributed by atoms with Gasteiger partial charge in [-0.25, -0.2) is 15.0 Å². The van der Waals surface area contributed by atoms with E-state index in [4.69, 9.17) is 0 Å². The number of anilines is 1. The highest BCUT2D eigenvalue weighted by molar-refractivity contribution is 9.10. The maximum absolute atomic E-state index is 4.41. The van der Waals surface area contributed by atoms with E-state index in [0.29, 0.717) is 0 Å². The maximum atomic E-state index is 4.41. The second-order valence-corrected chi connectivity index (χ2v) is 4.72. The number of rotatable bonds is 6. The smallest absolute Gasteiger partial charge is 0.131 e. The van der Waals surface area contributed by atoms with Gasteiger partial charge >= 0.3 is 0 Å². The Bertz CT molecular complexity index is 483. The highest BCUT2D eigenvalue weighted by atomic mass is 79.9. The molecule has 0 fully saturated rings. The van der Waals surface area contributed by atoms with E-state index in [9.17, 15) is 0 Å². The molecule has 2 N–H and O–H groups in total. The molecule has 6 heteroatoms. The lowest BCUT2D eigenvalue weighted by Crippen LogP contribution is -2.07. The molecule has 0 aromatic carbocycles. The molecule has 2 heterocycles. The third-order valence-electron chi connectivity index (χ3n) is 2.51.